The highest BCUT2D eigenvalue weighted by Crippen LogP contribution is 2.30. The lowest BCUT2D eigenvalue weighted by Gasteiger charge is -2.23. The van der Waals surface area contributed by atoms with E-state index in [1.54, 1.807) is 14.2 Å². The summed E-state index contributed by atoms with van der Waals surface area (Å²) in [7, 11) is 3.24. The van der Waals surface area contributed by atoms with Crippen molar-refractivity contribution in [1.82, 2.24) is 0 Å². The molecule has 2 unspecified atom stereocenters. The normalized spacial score (nSPS) is 14.4. The van der Waals surface area contributed by atoms with Crippen LogP contribution in [0.2, 0.25) is 0 Å². The van der Waals surface area contributed by atoms with Crippen LogP contribution in [0.1, 0.15) is 37.0 Å². The summed E-state index contributed by atoms with van der Waals surface area (Å²) in [6.45, 7) is 4.07. The monoisotopic (exact) mass is 238 g/mol. The van der Waals surface area contributed by atoms with Gasteiger partial charge in [-0.3, -0.25) is 0 Å². The Balaban J connectivity index is 2.99. The molecule has 1 aromatic carbocycles. The van der Waals surface area contributed by atoms with Gasteiger partial charge in [-0.25, -0.2) is 0 Å². The van der Waals surface area contributed by atoms with Crippen LogP contribution in [0.15, 0.2) is 18.2 Å². The topological polar surface area (TPSA) is 38.7 Å². The summed E-state index contributed by atoms with van der Waals surface area (Å²) < 4.78 is 10.6. The minimum atomic E-state index is -0.644. The maximum absolute atomic E-state index is 10.3. The smallest absolute Gasteiger partial charge is 0.124 e. The summed E-state index contributed by atoms with van der Waals surface area (Å²) in [6.07, 6.45) is 0.976. The molecule has 0 aliphatic heterocycles. The Bertz CT molecular complexity index is 349. The van der Waals surface area contributed by atoms with E-state index in [0.29, 0.717) is 5.75 Å². The number of hydrogen-bond acceptors (Lipinski definition) is 3. The zero-order valence-electron chi connectivity index (χ0n) is 11.1. The number of benzene rings is 1. The van der Waals surface area contributed by atoms with E-state index in [9.17, 15) is 5.11 Å². The molecule has 0 fully saturated rings. The Morgan fingerprint density at radius 2 is 2.00 bits per heavy atom. The maximum Gasteiger partial charge on any atom is 0.124 e. The molecule has 3 heteroatoms. The number of aliphatic hydroxyl groups excluding tert-OH is 1. The van der Waals surface area contributed by atoms with Gasteiger partial charge in [0.15, 0.2) is 0 Å². The van der Waals surface area contributed by atoms with Gasteiger partial charge in [0.25, 0.3) is 0 Å². The molecule has 0 saturated heterocycles. The predicted octanol–water partition coefficient (Wildman–Crippen LogP) is 2.85. The Kier molecular flexibility index (Phi) is 5.45. The lowest BCUT2D eigenvalue weighted by molar-refractivity contribution is -0.0189. The fraction of sp³-hybridized carbons (Fsp3) is 0.571. The number of methoxy groups -OCH3 is 2. The van der Waals surface area contributed by atoms with Gasteiger partial charge in [0, 0.05) is 12.7 Å². The van der Waals surface area contributed by atoms with Gasteiger partial charge in [-0.1, -0.05) is 25.0 Å². The molecule has 0 spiro atoms. The fourth-order valence-corrected chi connectivity index (χ4v) is 1.97. The Labute approximate surface area is 103 Å². The first kappa shape index (κ1) is 14.0. The minimum absolute atomic E-state index is 0.185. The van der Waals surface area contributed by atoms with E-state index >= 15 is 0 Å². The molecule has 0 aliphatic carbocycles. The Hall–Kier alpha value is -1.06. The van der Waals surface area contributed by atoms with Crippen LogP contribution in [0.4, 0.5) is 0 Å². The minimum Gasteiger partial charge on any atom is -0.496 e. The van der Waals surface area contributed by atoms with E-state index in [4.69, 9.17) is 9.47 Å². The van der Waals surface area contributed by atoms with E-state index in [0.717, 1.165) is 24.0 Å². The highest BCUT2D eigenvalue weighted by molar-refractivity contribution is 5.38. The van der Waals surface area contributed by atoms with Gasteiger partial charge in [0.1, 0.15) is 11.9 Å². The van der Waals surface area contributed by atoms with Gasteiger partial charge in [0.05, 0.1) is 13.2 Å². The number of aliphatic hydroxyl groups is 1. The first-order valence-corrected chi connectivity index (χ1v) is 5.99. The highest BCUT2D eigenvalue weighted by atomic mass is 16.5. The van der Waals surface area contributed by atoms with Crippen molar-refractivity contribution in [1.29, 1.82) is 0 Å². The maximum atomic E-state index is 10.3. The second-order valence-electron chi connectivity index (χ2n) is 4.25. The third-order valence-corrected chi connectivity index (χ3v) is 2.93. The molecule has 0 radical (unpaired) electrons. The standard InChI is InChI=1S/C14H22O3/c1-5-6-13(17-4)14(15)11-9-10(2)7-8-12(11)16-3/h7-9,13-15H,5-6H2,1-4H3. The second kappa shape index (κ2) is 6.62. The van der Waals surface area contributed by atoms with E-state index in [1.807, 2.05) is 25.1 Å². The summed E-state index contributed by atoms with van der Waals surface area (Å²) in [5.41, 5.74) is 1.90. The van der Waals surface area contributed by atoms with Crippen LogP contribution in [0.3, 0.4) is 0 Å². The number of ether oxygens (including phenoxy) is 2. The zero-order chi connectivity index (χ0) is 12.8. The molecule has 96 valence electrons. The molecular formula is C14H22O3. The van der Waals surface area contributed by atoms with Gasteiger partial charge >= 0.3 is 0 Å². The number of hydrogen-bond donors (Lipinski definition) is 1. The molecular weight excluding hydrogens is 216 g/mol. The van der Waals surface area contributed by atoms with Crippen molar-refractivity contribution in [3.8, 4) is 5.75 Å². The van der Waals surface area contributed by atoms with Crippen LogP contribution < -0.4 is 4.74 Å². The highest BCUT2D eigenvalue weighted by Gasteiger charge is 2.22. The van der Waals surface area contributed by atoms with Crippen LogP contribution in [-0.4, -0.2) is 25.4 Å². The average Bonchev–Trinajstić information content (AvgIpc) is 2.35. The first-order chi connectivity index (χ1) is 8.13. The molecule has 0 aliphatic rings. The van der Waals surface area contributed by atoms with Crippen molar-refractivity contribution in [2.24, 2.45) is 0 Å². The lowest BCUT2D eigenvalue weighted by atomic mass is 9.98. The summed E-state index contributed by atoms with van der Waals surface area (Å²) in [5, 5.41) is 10.3. The van der Waals surface area contributed by atoms with Gasteiger partial charge < -0.3 is 14.6 Å². The Morgan fingerprint density at radius 3 is 2.53 bits per heavy atom. The van der Waals surface area contributed by atoms with E-state index in [2.05, 4.69) is 6.92 Å². The largest absolute Gasteiger partial charge is 0.496 e. The van der Waals surface area contributed by atoms with E-state index < -0.39 is 6.10 Å². The summed E-state index contributed by atoms with van der Waals surface area (Å²) in [4.78, 5) is 0. The van der Waals surface area contributed by atoms with E-state index in [-0.39, 0.29) is 6.10 Å². The van der Waals surface area contributed by atoms with Crippen LogP contribution >= 0.6 is 0 Å². The molecule has 1 aromatic rings. The predicted molar refractivity (Wildman–Crippen MR) is 68.4 cm³/mol. The van der Waals surface area contributed by atoms with Gasteiger partial charge in [-0.2, -0.15) is 0 Å². The van der Waals surface area contributed by atoms with Gasteiger partial charge in [-0.15, -0.1) is 0 Å². The van der Waals surface area contributed by atoms with Crippen molar-refractivity contribution < 1.29 is 14.6 Å². The van der Waals surface area contributed by atoms with Crippen molar-refractivity contribution in [3.05, 3.63) is 29.3 Å². The van der Waals surface area contributed by atoms with Crippen molar-refractivity contribution >= 4 is 0 Å². The summed E-state index contributed by atoms with van der Waals surface area (Å²) in [5.74, 6) is 0.709. The lowest BCUT2D eigenvalue weighted by Crippen LogP contribution is -2.21. The van der Waals surface area contributed by atoms with Crippen LogP contribution in [0.25, 0.3) is 0 Å². The quantitative estimate of drug-likeness (QED) is 0.828. The molecule has 0 bridgehead atoms. The third kappa shape index (κ3) is 3.45. The van der Waals surface area contributed by atoms with Crippen molar-refractivity contribution in [2.75, 3.05) is 14.2 Å². The number of rotatable bonds is 6. The number of aryl methyl sites for hydroxylation is 1. The SMILES string of the molecule is CCCC(OC)C(O)c1cc(C)ccc1OC. The van der Waals surface area contributed by atoms with Crippen molar-refractivity contribution in [3.63, 3.8) is 0 Å². The summed E-state index contributed by atoms with van der Waals surface area (Å²) in [6, 6.07) is 5.80. The third-order valence-electron chi connectivity index (χ3n) is 2.93. The van der Waals surface area contributed by atoms with Gasteiger partial charge in [-0.05, 0) is 25.5 Å². The molecule has 2 atom stereocenters. The molecule has 1 N–H and O–H groups in total. The van der Waals surface area contributed by atoms with Crippen LogP contribution in [0.5, 0.6) is 5.75 Å². The molecule has 0 aromatic heterocycles. The zero-order valence-corrected chi connectivity index (χ0v) is 11.1. The molecule has 0 amide bonds. The fourth-order valence-electron chi connectivity index (χ4n) is 1.97. The first-order valence-electron chi connectivity index (χ1n) is 5.99. The Morgan fingerprint density at radius 1 is 1.29 bits per heavy atom. The van der Waals surface area contributed by atoms with Gasteiger partial charge in [0.2, 0.25) is 0 Å². The molecule has 1 rings (SSSR count). The second-order valence-corrected chi connectivity index (χ2v) is 4.25. The molecule has 0 saturated carbocycles. The van der Waals surface area contributed by atoms with E-state index in [1.165, 1.54) is 0 Å². The molecule has 3 nitrogen and oxygen atoms in total. The average molecular weight is 238 g/mol. The summed E-state index contributed by atoms with van der Waals surface area (Å²) >= 11 is 0. The molecule has 17 heavy (non-hydrogen) atoms. The molecule has 0 heterocycles. The van der Waals surface area contributed by atoms with Crippen LogP contribution in [-0.2, 0) is 4.74 Å². The van der Waals surface area contributed by atoms with Crippen molar-refractivity contribution in [2.45, 2.75) is 38.9 Å². The van der Waals surface area contributed by atoms with Crippen LogP contribution in [0, 0.1) is 6.92 Å².